The topological polar surface area (TPSA) is 58.6 Å². The third kappa shape index (κ3) is 5.61. The lowest BCUT2D eigenvalue weighted by molar-refractivity contribution is -0.126. The van der Waals surface area contributed by atoms with E-state index >= 15 is 0 Å². The Morgan fingerprint density at radius 3 is 2.06 bits per heavy atom. The third-order valence-electron chi connectivity index (χ3n) is 5.90. The summed E-state index contributed by atoms with van der Waals surface area (Å²) >= 11 is 0. The standard InChI is InChI=1S/C28H30N2O3/c1-20(2)33-25-15-13-24(14-16-25)30-19-23(17-27(30)31)28(32)29-18-26(21-9-5-3-6-10-21)22-11-7-4-8-12-22/h3-16,20,23,26H,17-19H2,1-2H3,(H,29,32)/t23-/m1/s1. The van der Waals surface area contributed by atoms with Crippen molar-refractivity contribution in [3.63, 3.8) is 0 Å². The van der Waals surface area contributed by atoms with Gasteiger partial charge in [0.15, 0.2) is 0 Å². The second-order valence-electron chi connectivity index (χ2n) is 8.69. The fourth-order valence-corrected chi connectivity index (χ4v) is 4.26. The number of nitrogens with one attached hydrogen (secondary N) is 1. The summed E-state index contributed by atoms with van der Waals surface area (Å²) in [6, 6.07) is 27.8. The van der Waals surface area contributed by atoms with E-state index in [1.165, 1.54) is 0 Å². The maximum atomic E-state index is 13.0. The van der Waals surface area contributed by atoms with E-state index < -0.39 is 0 Å². The van der Waals surface area contributed by atoms with Crippen LogP contribution in [0.3, 0.4) is 0 Å². The Morgan fingerprint density at radius 1 is 0.939 bits per heavy atom. The van der Waals surface area contributed by atoms with Crippen molar-refractivity contribution in [2.45, 2.75) is 32.3 Å². The second kappa shape index (κ2) is 10.3. The Balaban J connectivity index is 1.40. The lowest BCUT2D eigenvalue weighted by Gasteiger charge is -2.20. The Labute approximate surface area is 195 Å². The van der Waals surface area contributed by atoms with Crippen molar-refractivity contribution in [2.75, 3.05) is 18.0 Å². The highest BCUT2D eigenvalue weighted by molar-refractivity contribution is 6.00. The van der Waals surface area contributed by atoms with Crippen molar-refractivity contribution in [3.05, 3.63) is 96.1 Å². The van der Waals surface area contributed by atoms with Crippen LogP contribution in [0.5, 0.6) is 5.75 Å². The molecule has 3 aromatic carbocycles. The van der Waals surface area contributed by atoms with E-state index in [1.807, 2.05) is 74.5 Å². The minimum absolute atomic E-state index is 0.0321. The van der Waals surface area contributed by atoms with Gasteiger partial charge in [-0.15, -0.1) is 0 Å². The monoisotopic (exact) mass is 442 g/mol. The number of hydrogen-bond donors (Lipinski definition) is 1. The van der Waals surface area contributed by atoms with Gasteiger partial charge in [0.05, 0.1) is 12.0 Å². The van der Waals surface area contributed by atoms with E-state index in [9.17, 15) is 9.59 Å². The van der Waals surface area contributed by atoms with E-state index in [0.717, 1.165) is 22.6 Å². The van der Waals surface area contributed by atoms with E-state index in [0.29, 0.717) is 13.1 Å². The molecule has 5 heteroatoms. The van der Waals surface area contributed by atoms with Crippen LogP contribution in [0.4, 0.5) is 5.69 Å². The third-order valence-corrected chi connectivity index (χ3v) is 5.90. The van der Waals surface area contributed by atoms with Crippen LogP contribution < -0.4 is 15.0 Å². The van der Waals surface area contributed by atoms with Crippen molar-refractivity contribution in [1.29, 1.82) is 0 Å². The second-order valence-corrected chi connectivity index (χ2v) is 8.69. The molecule has 1 fully saturated rings. The van der Waals surface area contributed by atoms with Gasteiger partial charge in [0.25, 0.3) is 0 Å². The zero-order valence-electron chi connectivity index (χ0n) is 19.1. The van der Waals surface area contributed by atoms with Crippen LogP contribution in [0.15, 0.2) is 84.9 Å². The van der Waals surface area contributed by atoms with Crippen LogP contribution in [0.1, 0.15) is 37.3 Å². The first-order valence-electron chi connectivity index (χ1n) is 11.5. The largest absolute Gasteiger partial charge is 0.491 e. The number of nitrogens with zero attached hydrogens (tertiary/aromatic N) is 1. The van der Waals surface area contributed by atoms with Crippen molar-refractivity contribution in [3.8, 4) is 5.75 Å². The Hall–Kier alpha value is -3.60. The van der Waals surface area contributed by atoms with Gasteiger partial charge in [-0.3, -0.25) is 9.59 Å². The molecule has 0 aliphatic carbocycles. The molecule has 1 heterocycles. The summed E-state index contributed by atoms with van der Waals surface area (Å²) in [5.41, 5.74) is 3.09. The summed E-state index contributed by atoms with van der Waals surface area (Å²) in [5, 5.41) is 3.11. The molecular formula is C28H30N2O3. The molecule has 3 aromatic rings. The molecule has 2 amide bonds. The summed E-state index contributed by atoms with van der Waals surface area (Å²) in [4.78, 5) is 27.3. The summed E-state index contributed by atoms with van der Waals surface area (Å²) < 4.78 is 5.68. The number of rotatable bonds is 8. The van der Waals surface area contributed by atoms with Crippen LogP contribution in [-0.4, -0.2) is 31.0 Å². The Morgan fingerprint density at radius 2 is 1.52 bits per heavy atom. The number of ether oxygens (including phenoxy) is 1. The maximum absolute atomic E-state index is 13.0. The van der Waals surface area contributed by atoms with E-state index in [-0.39, 0.29) is 36.2 Å². The van der Waals surface area contributed by atoms with Gasteiger partial charge in [0.1, 0.15) is 5.75 Å². The van der Waals surface area contributed by atoms with Crippen LogP contribution in [0, 0.1) is 5.92 Å². The molecule has 0 aromatic heterocycles. The smallest absolute Gasteiger partial charge is 0.227 e. The molecule has 0 radical (unpaired) electrons. The van der Waals surface area contributed by atoms with Gasteiger partial charge in [-0.1, -0.05) is 60.7 Å². The lowest BCUT2D eigenvalue weighted by Crippen LogP contribution is -2.35. The van der Waals surface area contributed by atoms with Crippen molar-refractivity contribution >= 4 is 17.5 Å². The Bertz CT molecular complexity index is 1030. The summed E-state index contributed by atoms with van der Waals surface area (Å²) in [7, 11) is 0. The molecule has 1 saturated heterocycles. The average Bonchev–Trinajstić information content (AvgIpc) is 3.22. The predicted molar refractivity (Wildman–Crippen MR) is 130 cm³/mol. The molecule has 170 valence electrons. The van der Waals surface area contributed by atoms with Gasteiger partial charge in [-0.05, 0) is 49.2 Å². The molecule has 1 N–H and O–H groups in total. The fourth-order valence-electron chi connectivity index (χ4n) is 4.26. The molecule has 1 aliphatic heterocycles. The lowest BCUT2D eigenvalue weighted by atomic mass is 9.91. The molecule has 0 saturated carbocycles. The number of carbonyl (C=O) groups is 2. The average molecular weight is 443 g/mol. The van der Waals surface area contributed by atoms with Gasteiger partial charge < -0.3 is 15.0 Å². The van der Waals surface area contributed by atoms with Gasteiger partial charge in [0.2, 0.25) is 11.8 Å². The molecule has 0 spiro atoms. The molecular weight excluding hydrogens is 412 g/mol. The highest BCUT2D eigenvalue weighted by Gasteiger charge is 2.35. The summed E-state index contributed by atoms with van der Waals surface area (Å²) in [5.74, 6) is 0.342. The quantitative estimate of drug-likeness (QED) is 0.546. The predicted octanol–water partition coefficient (Wildman–Crippen LogP) is 4.78. The molecule has 1 aliphatic rings. The first-order chi connectivity index (χ1) is 16.0. The zero-order valence-corrected chi connectivity index (χ0v) is 19.1. The normalized spacial score (nSPS) is 15.8. The van der Waals surface area contributed by atoms with E-state index in [2.05, 4.69) is 29.6 Å². The number of amides is 2. The van der Waals surface area contributed by atoms with E-state index in [4.69, 9.17) is 4.74 Å². The van der Waals surface area contributed by atoms with Crippen LogP contribution in [0.25, 0.3) is 0 Å². The number of benzene rings is 3. The zero-order chi connectivity index (χ0) is 23.2. The molecule has 0 unspecified atom stereocenters. The minimum Gasteiger partial charge on any atom is -0.491 e. The van der Waals surface area contributed by atoms with E-state index in [1.54, 1.807) is 4.90 Å². The van der Waals surface area contributed by atoms with Crippen LogP contribution in [-0.2, 0) is 9.59 Å². The molecule has 33 heavy (non-hydrogen) atoms. The molecule has 4 rings (SSSR count). The number of carbonyl (C=O) groups excluding carboxylic acids is 2. The van der Waals surface area contributed by atoms with Gasteiger partial charge in [-0.2, -0.15) is 0 Å². The van der Waals surface area contributed by atoms with Crippen molar-refractivity contribution in [2.24, 2.45) is 5.92 Å². The SMILES string of the molecule is CC(C)Oc1ccc(N2C[C@H](C(=O)NCC(c3ccccc3)c3ccccc3)CC2=O)cc1. The summed E-state index contributed by atoms with van der Waals surface area (Å²) in [6.07, 6.45) is 0.310. The van der Waals surface area contributed by atoms with Gasteiger partial charge >= 0.3 is 0 Å². The molecule has 0 bridgehead atoms. The fraction of sp³-hybridized carbons (Fsp3) is 0.286. The number of hydrogen-bond acceptors (Lipinski definition) is 3. The molecule has 5 nitrogen and oxygen atoms in total. The van der Waals surface area contributed by atoms with Crippen molar-refractivity contribution < 1.29 is 14.3 Å². The maximum Gasteiger partial charge on any atom is 0.227 e. The first-order valence-corrected chi connectivity index (χ1v) is 11.5. The van der Waals surface area contributed by atoms with Crippen LogP contribution >= 0.6 is 0 Å². The van der Waals surface area contributed by atoms with Gasteiger partial charge in [0, 0.05) is 31.1 Å². The highest BCUT2D eigenvalue weighted by atomic mass is 16.5. The molecule has 1 atom stereocenters. The summed E-state index contributed by atoms with van der Waals surface area (Å²) in [6.45, 7) is 4.82. The Kier molecular flexibility index (Phi) is 7.08. The minimum atomic E-state index is -0.365. The highest BCUT2D eigenvalue weighted by Crippen LogP contribution is 2.28. The number of anilines is 1. The van der Waals surface area contributed by atoms with Crippen molar-refractivity contribution in [1.82, 2.24) is 5.32 Å². The van der Waals surface area contributed by atoms with Crippen LogP contribution in [0.2, 0.25) is 0 Å². The first kappa shape index (κ1) is 22.6. The van der Waals surface area contributed by atoms with Gasteiger partial charge in [-0.25, -0.2) is 0 Å².